The Kier molecular flexibility index (Phi) is 6.45. The number of esters is 1. The van der Waals surface area contributed by atoms with Crippen LogP contribution in [0, 0.1) is 13.8 Å². The summed E-state index contributed by atoms with van der Waals surface area (Å²) in [6, 6.07) is 6.34. The smallest absolute Gasteiger partial charge is 0.338 e. The van der Waals surface area contributed by atoms with E-state index >= 15 is 0 Å². The highest BCUT2D eigenvalue weighted by Gasteiger charge is 2.20. The molecule has 1 aromatic heterocycles. The van der Waals surface area contributed by atoms with Gasteiger partial charge in [-0.3, -0.25) is 4.79 Å². The van der Waals surface area contributed by atoms with Crippen LogP contribution >= 0.6 is 11.6 Å². The highest BCUT2D eigenvalue weighted by molar-refractivity contribution is 6.33. The van der Waals surface area contributed by atoms with Crippen LogP contribution in [0.3, 0.4) is 0 Å². The molecular formula is C19H23ClN2O4. The van der Waals surface area contributed by atoms with E-state index in [9.17, 15) is 9.59 Å². The van der Waals surface area contributed by atoms with E-state index in [0.717, 1.165) is 11.4 Å². The quantitative estimate of drug-likeness (QED) is 0.452. The van der Waals surface area contributed by atoms with Crippen LogP contribution in [0.5, 0.6) is 0 Å². The zero-order valence-electron chi connectivity index (χ0n) is 15.3. The number of hydrogen-bond acceptors (Lipinski definition) is 5. The van der Waals surface area contributed by atoms with E-state index < -0.39 is 5.97 Å². The molecule has 0 aliphatic carbocycles. The molecule has 0 saturated carbocycles. The average molecular weight is 379 g/mol. The molecule has 2 rings (SSSR count). The Labute approximate surface area is 157 Å². The number of nitrogens with zero attached hydrogens (tertiary/aromatic N) is 1. The first-order valence-corrected chi connectivity index (χ1v) is 8.56. The fourth-order valence-electron chi connectivity index (χ4n) is 3.02. The third-order valence-corrected chi connectivity index (χ3v) is 4.54. The van der Waals surface area contributed by atoms with Crippen molar-refractivity contribution in [2.24, 2.45) is 0 Å². The van der Waals surface area contributed by atoms with Crippen LogP contribution in [-0.2, 0) is 9.47 Å². The molecule has 0 unspecified atom stereocenters. The molecule has 6 nitrogen and oxygen atoms in total. The number of ketones is 1. The van der Waals surface area contributed by atoms with E-state index in [1.807, 2.05) is 25.3 Å². The zero-order chi connectivity index (χ0) is 19.4. The first-order valence-electron chi connectivity index (χ1n) is 8.19. The number of nitrogen functional groups attached to an aromatic ring is 1. The minimum absolute atomic E-state index is 0.0983. The average Bonchev–Trinajstić information content (AvgIpc) is 2.89. The van der Waals surface area contributed by atoms with Crippen LogP contribution in [0.1, 0.15) is 45.1 Å². The first-order chi connectivity index (χ1) is 12.3. The highest BCUT2D eigenvalue weighted by atomic mass is 35.5. The topological polar surface area (TPSA) is 83.5 Å². The number of ether oxygens (including phenoxy) is 2. The Bertz CT molecular complexity index is 829. The van der Waals surface area contributed by atoms with Crippen molar-refractivity contribution in [2.45, 2.75) is 26.8 Å². The van der Waals surface area contributed by atoms with Gasteiger partial charge in [0.2, 0.25) is 5.78 Å². The molecule has 26 heavy (non-hydrogen) atoms. The number of rotatable bonds is 7. The number of aryl methyl sites for hydroxylation is 1. The number of methoxy groups -OCH3 is 1. The Morgan fingerprint density at radius 2 is 1.96 bits per heavy atom. The molecule has 1 atom stereocenters. The SMILES string of the molecule is COC[C@H](C)n1c(C)cc(C(=O)COC(=O)c2ccc(Cl)c(N)c2)c1C. The summed E-state index contributed by atoms with van der Waals surface area (Å²) >= 11 is 5.83. The molecular weight excluding hydrogens is 356 g/mol. The number of nitrogens with two attached hydrogens (primary N) is 1. The van der Waals surface area contributed by atoms with Gasteiger partial charge in [-0.1, -0.05) is 11.6 Å². The van der Waals surface area contributed by atoms with Crippen molar-refractivity contribution in [1.29, 1.82) is 0 Å². The summed E-state index contributed by atoms with van der Waals surface area (Å²) < 4.78 is 12.4. The Hall–Kier alpha value is -2.31. The van der Waals surface area contributed by atoms with E-state index in [-0.39, 0.29) is 29.7 Å². The van der Waals surface area contributed by atoms with Gasteiger partial charge in [-0.15, -0.1) is 0 Å². The fraction of sp³-hybridized carbons (Fsp3) is 0.368. The summed E-state index contributed by atoms with van der Waals surface area (Å²) in [5.41, 5.74) is 8.52. The molecule has 0 aliphatic rings. The predicted octanol–water partition coefficient (Wildman–Crippen LogP) is 3.59. The van der Waals surface area contributed by atoms with E-state index in [2.05, 4.69) is 0 Å². The van der Waals surface area contributed by atoms with Crippen molar-refractivity contribution >= 4 is 29.0 Å². The van der Waals surface area contributed by atoms with E-state index in [0.29, 0.717) is 17.2 Å². The van der Waals surface area contributed by atoms with Crippen molar-refractivity contribution in [3.63, 3.8) is 0 Å². The summed E-state index contributed by atoms with van der Waals surface area (Å²) in [4.78, 5) is 24.6. The lowest BCUT2D eigenvalue weighted by Crippen LogP contribution is -2.17. The lowest BCUT2D eigenvalue weighted by Gasteiger charge is -2.17. The molecule has 0 saturated heterocycles. The van der Waals surface area contributed by atoms with Crippen LogP contribution in [0.2, 0.25) is 5.02 Å². The zero-order valence-corrected chi connectivity index (χ0v) is 16.1. The molecule has 7 heteroatoms. The fourth-order valence-corrected chi connectivity index (χ4v) is 3.13. The molecule has 0 bridgehead atoms. The third kappa shape index (κ3) is 4.26. The molecule has 140 valence electrons. The summed E-state index contributed by atoms with van der Waals surface area (Å²) in [6.45, 7) is 6.01. The predicted molar refractivity (Wildman–Crippen MR) is 101 cm³/mol. The second kappa shape index (κ2) is 8.38. The number of anilines is 1. The number of carbonyl (C=O) groups is 2. The van der Waals surface area contributed by atoms with Crippen LogP contribution in [0.4, 0.5) is 5.69 Å². The molecule has 0 spiro atoms. The number of benzene rings is 1. The van der Waals surface area contributed by atoms with E-state index in [1.165, 1.54) is 18.2 Å². The number of Topliss-reactive ketones (excluding diaryl/α,β-unsaturated/α-hetero) is 1. The molecule has 2 aromatic rings. The van der Waals surface area contributed by atoms with Gasteiger partial charge in [0, 0.05) is 24.1 Å². The van der Waals surface area contributed by atoms with Gasteiger partial charge in [0.25, 0.3) is 0 Å². The van der Waals surface area contributed by atoms with Crippen molar-refractivity contribution in [3.05, 3.63) is 51.8 Å². The van der Waals surface area contributed by atoms with Gasteiger partial charge in [-0.05, 0) is 45.0 Å². The number of halogens is 1. The highest BCUT2D eigenvalue weighted by Crippen LogP contribution is 2.22. The van der Waals surface area contributed by atoms with Crippen molar-refractivity contribution < 1.29 is 19.1 Å². The molecule has 1 aromatic carbocycles. The maximum absolute atomic E-state index is 12.5. The molecule has 2 N–H and O–H groups in total. The second-order valence-corrected chi connectivity index (χ2v) is 6.60. The second-order valence-electron chi connectivity index (χ2n) is 6.19. The van der Waals surface area contributed by atoms with E-state index in [4.69, 9.17) is 26.8 Å². The summed E-state index contributed by atoms with van der Waals surface area (Å²) in [5.74, 6) is -0.882. The number of aromatic nitrogens is 1. The van der Waals surface area contributed by atoms with Gasteiger partial charge >= 0.3 is 5.97 Å². The van der Waals surface area contributed by atoms with Crippen LogP contribution in [-0.4, -0.2) is 36.6 Å². The standard InChI is InChI=1S/C19H23ClN2O4/c1-11-7-15(13(3)22(11)12(2)9-25-4)18(23)10-26-19(24)14-5-6-16(20)17(21)8-14/h5-8,12H,9-10,21H2,1-4H3/t12-/m0/s1. The van der Waals surface area contributed by atoms with Gasteiger partial charge in [-0.25, -0.2) is 4.79 Å². The number of carbonyl (C=O) groups excluding carboxylic acids is 2. The van der Waals surface area contributed by atoms with Gasteiger partial charge in [0.1, 0.15) is 0 Å². The summed E-state index contributed by atoms with van der Waals surface area (Å²) in [7, 11) is 1.64. The maximum Gasteiger partial charge on any atom is 0.338 e. The molecule has 0 aliphatic heterocycles. The normalized spacial score (nSPS) is 12.0. The minimum atomic E-state index is -0.622. The molecule has 0 fully saturated rings. The summed E-state index contributed by atoms with van der Waals surface area (Å²) in [5, 5.41) is 0.357. The van der Waals surface area contributed by atoms with Crippen molar-refractivity contribution in [3.8, 4) is 0 Å². The Morgan fingerprint density at radius 3 is 2.58 bits per heavy atom. The van der Waals surface area contributed by atoms with Gasteiger partial charge < -0.3 is 19.8 Å². The number of hydrogen-bond donors (Lipinski definition) is 1. The van der Waals surface area contributed by atoms with Crippen LogP contribution in [0.25, 0.3) is 0 Å². The maximum atomic E-state index is 12.5. The Morgan fingerprint density at radius 1 is 1.27 bits per heavy atom. The lowest BCUT2D eigenvalue weighted by molar-refractivity contribution is 0.0474. The Balaban J connectivity index is 2.09. The monoisotopic (exact) mass is 378 g/mol. The summed E-state index contributed by atoms with van der Waals surface area (Å²) in [6.07, 6.45) is 0. The lowest BCUT2D eigenvalue weighted by atomic mass is 10.1. The molecule has 1 heterocycles. The first kappa shape index (κ1) is 20.0. The van der Waals surface area contributed by atoms with E-state index in [1.54, 1.807) is 13.2 Å². The molecule has 0 radical (unpaired) electrons. The van der Waals surface area contributed by atoms with Gasteiger partial charge in [0.05, 0.1) is 28.9 Å². The van der Waals surface area contributed by atoms with Gasteiger partial charge in [0.15, 0.2) is 6.61 Å². The molecule has 0 amide bonds. The van der Waals surface area contributed by atoms with Crippen molar-refractivity contribution in [2.75, 3.05) is 26.1 Å². The van der Waals surface area contributed by atoms with Crippen LogP contribution in [0.15, 0.2) is 24.3 Å². The van der Waals surface area contributed by atoms with Crippen molar-refractivity contribution in [1.82, 2.24) is 4.57 Å². The minimum Gasteiger partial charge on any atom is -0.454 e. The largest absolute Gasteiger partial charge is 0.454 e. The third-order valence-electron chi connectivity index (χ3n) is 4.20. The van der Waals surface area contributed by atoms with Crippen LogP contribution < -0.4 is 5.73 Å². The van der Waals surface area contributed by atoms with Gasteiger partial charge in [-0.2, -0.15) is 0 Å².